The number of furan rings is 1. The average molecular weight is 681 g/mol. The number of para-hydroxylation sites is 4. The second kappa shape index (κ2) is 10.5. The molecular weight excluding hydrogens is 653 g/mol. The van der Waals surface area contributed by atoms with Gasteiger partial charge < -0.3 is 13.6 Å². The van der Waals surface area contributed by atoms with E-state index in [1.165, 1.54) is 80.7 Å². The zero-order chi connectivity index (χ0) is 33.9. The Morgan fingerprint density at radius 2 is 0.885 bits per heavy atom. The first-order chi connectivity index (χ1) is 25.8. The Morgan fingerprint density at radius 1 is 0.346 bits per heavy atom. The summed E-state index contributed by atoms with van der Waals surface area (Å²) in [7, 11) is 0. The molecule has 0 spiro atoms. The first-order valence-electron chi connectivity index (χ1n) is 17.7. The summed E-state index contributed by atoms with van der Waals surface area (Å²) >= 11 is 1.87. The highest BCUT2D eigenvalue weighted by atomic mass is 32.1. The molecule has 12 rings (SSSR count). The number of rotatable bonds is 3. The molecule has 0 aliphatic carbocycles. The summed E-state index contributed by atoms with van der Waals surface area (Å²) in [6.45, 7) is 0. The Balaban J connectivity index is 1.05. The van der Waals surface area contributed by atoms with Crippen LogP contribution in [0.4, 0.5) is 0 Å². The Labute approximate surface area is 301 Å². The molecular formula is C48H28N2OS. The summed E-state index contributed by atoms with van der Waals surface area (Å²) in [6.07, 6.45) is 0. The summed E-state index contributed by atoms with van der Waals surface area (Å²) in [5.41, 5.74) is 11.4. The van der Waals surface area contributed by atoms with Crippen molar-refractivity contribution in [1.29, 1.82) is 0 Å². The predicted molar refractivity (Wildman–Crippen MR) is 221 cm³/mol. The molecule has 0 amide bonds. The number of hydrogen-bond donors (Lipinski definition) is 0. The number of thiophene rings is 1. The van der Waals surface area contributed by atoms with E-state index in [2.05, 4.69) is 167 Å². The normalized spacial score (nSPS) is 12.2. The SMILES string of the molecule is c1ccc(-n2c3ccccc3c3c4c5ccccc5n(-c5ccc6c(c5)sc5cc(-c7ccc8c(c7)oc7ccccc78)ccc56)c4ccc32)cc1. The standard InChI is InChI=1S/C48H28N2OS/c1-2-10-31(11-3-1)49-39-15-7-4-13-37(39)47-41(49)24-25-42-48(47)38-14-5-8-16-40(38)50(42)32-20-23-36-35-22-19-30(27-45(35)52-46(36)28-32)29-18-21-34-33-12-6-9-17-43(33)51-44(34)26-29/h1-28H. The highest BCUT2D eigenvalue weighted by Crippen LogP contribution is 2.44. The predicted octanol–water partition coefficient (Wildman–Crippen LogP) is 13.8. The van der Waals surface area contributed by atoms with Gasteiger partial charge in [-0.05, 0) is 83.9 Å². The number of nitrogens with zero attached hydrogens (tertiary/aromatic N) is 2. The van der Waals surface area contributed by atoms with E-state index < -0.39 is 0 Å². The molecule has 3 nitrogen and oxygen atoms in total. The van der Waals surface area contributed by atoms with Gasteiger partial charge in [0.25, 0.3) is 0 Å². The van der Waals surface area contributed by atoms with Crippen molar-refractivity contribution in [3.05, 3.63) is 170 Å². The van der Waals surface area contributed by atoms with Gasteiger partial charge in [0.2, 0.25) is 0 Å². The van der Waals surface area contributed by atoms with Crippen molar-refractivity contribution in [2.75, 3.05) is 0 Å². The minimum Gasteiger partial charge on any atom is -0.456 e. The lowest BCUT2D eigenvalue weighted by atomic mass is 10.0. The van der Waals surface area contributed by atoms with Crippen LogP contribution in [0.25, 0.3) is 108 Å². The number of benzene rings is 8. The van der Waals surface area contributed by atoms with Crippen molar-refractivity contribution >= 4 is 97.1 Å². The van der Waals surface area contributed by atoms with Crippen LogP contribution < -0.4 is 0 Å². The maximum Gasteiger partial charge on any atom is 0.136 e. The van der Waals surface area contributed by atoms with Gasteiger partial charge in [-0.1, -0.05) is 97.1 Å². The Kier molecular flexibility index (Phi) is 5.65. The fourth-order valence-electron chi connectivity index (χ4n) is 8.64. The van der Waals surface area contributed by atoms with E-state index >= 15 is 0 Å². The Bertz CT molecular complexity index is 3410. The third-order valence-corrected chi connectivity index (χ3v) is 12.0. The van der Waals surface area contributed by atoms with Gasteiger partial charge in [-0.25, -0.2) is 0 Å². The van der Waals surface area contributed by atoms with Gasteiger partial charge in [0, 0.05) is 63.9 Å². The molecule has 0 bridgehead atoms. The molecule has 0 radical (unpaired) electrons. The lowest BCUT2D eigenvalue weighted by Crippen LogP contribution is -1.94. The van der Waals surface area contributed by atoms with Gasteiger partial charge >= 0.3 is 0 Å². The van der Waals surface area contributed by atoms with E-state index in [0.29, 0.717) is 0 Å². The zero-order valence-corrected chi connectivity index (χ0v) is 28.7. The lowest BCUT2D eigenvalue weighted by Gasteiger charge is -2.09. The Morgan fingerprint density at radius 3 is 1.62 bits per heavy atom. The molecule has 4 heterocycles. The number of aromatic nitrogens is 2. The molecule has 8 aromatic carbocycles. The molecule has 4 heteroatoms. The fraction of sp³-hybridized carbons (Fsp3) is 0. The molecule has 0 aliphatic heterocycles. The van der Waals surface area contributed by atoms with Gasteiger partial charge in [-0.15, -0.1) is 11.3 Å². The molecule has 52 heavy (non-hydrogen) atoms. The van der Waals surface area contributed by atoms with Crippen molar-refractivity contribution < 1.29 is 4.42 Å². The molecule has 0 atom stereocenters. The maximum atomic E-state index is 6.22. The second-order valence-electron chi connectivity index (χ2n) is 13.7. The highest BCUT2D eigenvalue weighted by molar-refractivity contribution is 7.25. The summed E-state index contributed by atoms with van der Waals surface area (Å²) in [5.74, 6) is 0. The zero-order valence-electron chi connectivity index (χ0n) is 27.9. The topological polar surface area (TPSA) is 23.0 Å². The van der Waals surface area contributed by atoms with Crippen LogP contribution in [0.3, 0.4) is 0 Å². The second-order valence-corrected chi connectivity index (χ2v) is 14.8. The average Bonchev–Trinajstić information content (AvgIpc) is 3.94. The van der Waals surface area contributed by atoms with Crippen LogP contribution >= 0.6 is 11.3 Å². The molecule has 12 aromatic rings. The minimum atomic E-state index is 0.924. The first-order valence-corrected chi connectivity index (χ1v) is 18.5. The third kappa shape index (κ3) is 3.84. The van der Waals surface area contributed by atoms with E-state index in [-0.39, 0.29) is 0 Å². The highest BCUT2D eigenvalue weighted by Gasteiger charge is 2.21. The molecule has 4 aromatic heterocycles. The van der Waals surface area contributed by atoms with Crippen LogP contribution in [-0.2, 0) is 0 Å². The molecule has 0 aliphatic rings. The summed E-state index contributed by atoms with van der Waals surface area (Å²) < 4.78 is 13.7. The van der Waals surface area contributed by atoms with Crippen molar-refractivity contribution in [3.63, 3.8) is 0 Å². The first kappa shape index (κ1) is 28.1. The maximum absolute atomic E-state index is 6.22. The van der Waals surface area contributed by atoms with E-state index in [9.17, 15) is 0 Å². The van der Waals surface area contributed by atoms with Gasteiger partial charge in [0.05, 0.1) is 22.1 Å². The third-order valence-electron chi connectivity index (χ3n) is 10.9. The fourth-order valence-corrected chi connectivity index (χ4v) is 9.82. The van der Waals surface area contributed by atoms with Gasteiger partial charge in [0.15, 0.2) is 0 Å². The number of hydrogen-bond acceptors (Lipinski definition) is 2. The van der Waals surface area contributed by atoms with Crippen LogP contribution in [0.2, 0.25) is 0 Å². The minimum absolute atomic E-state index is 0.924. The smallest absolute Gasteiger partial charge is 0.136 e. The van der Waals surface area contributed by atoms with Gasteiger partial charge in [-0.2, -0.15) is 0 Å². The van der Waals surface area contributed by atoms with Crippen LogP contribution in [0.15, 0.2) is 174 Å². The molecule has 0 saturated carbocycles. The monoisotopic (exact) mass is 680 g/mol. The molecule has 0 N–H and O–H groups in total. The van der Waals surface area contributed by atoms with Crippen LogP contribution in [0.5, 0.6) is 0 Å². The van der Waals surface area contributed by atoms with Crippen molar-refractivity contribution in [1.82, 2.24) is 9.13 Å². The molecule has 242 valence electrons. The quantitative estimate of drug-likeness (QED) is 0.182. The largest absolute Gasteiger partial charge is 0.456 e. The van der Waals surface area contributed by atoms with E-state index in [0.717, 1.165) is 27.5 Å². The van der Waals surface area contributed by atoms with E-state index in [4.69, 9.17) is 4.42 Å². The Hall–Kier alpha value is -6.62. The summed E-state index contributed by atoms with van der Waals surface area (Å²) in [6, 6.07) is 61.7. The van der Waals surface area contributed by atoms with E-state index in [1.54, 1.807) is 0 Å². The molecule has 0 saturated heterocycles. The van der Waals surface area contributed by atoms with Gasteiger partial charge in [-0.3, -0.25) is 0 Å². The van der Waals surface area contributed by atoms with Crippen LogP contribution in [0, 0.1) is 0 Å². The van der Waals surface area contributed by atoms with E-state index in [1.807, 2.05) is 23.5 Å². The van der Waals surface area contributed by atoms with Crippen molar-refractivity contribution in [3.8, 4) is 22.5 Å². The van der Waals surface area contributed by atoms with Crippen molar-refractivity contribution in [2.24, 2.45) is 0 Å². The van der Waals surface area contributed by atoms with Crippen molar-refractivity contribution in [2.45, 2.75) is 0 Å². The van der Waals surface area contributed by atoms with Gasteiger partial charge in [0.1, 0.15) is 11.2 Å². The summed E-state index contributed by atoms with van der Waals surface area (Å²) in [4.78, 5) is 0. The molecule has 0 unspecified atom stereocenters. The number of fused-ring (bicyclic) bond motifs is 13. The molecule has 0 fully saturated rings. The van der Waals surface area contributed by atoms with Crippen LogP contribution in [-0.4, -0.2) is 9.13 Å². The lowest BCUT2D eigenvalue weighted by molar-refractivity contribution is 0.669. The van der Waals surface area contributed by atoms with Crippen LogP contribution in [0.1, 0.15) is 0 Å². The summed E-state index contributed by atoms with van der Waals surface area (Å²) in [5, 5.41) is 10.0.